The van der Waals surface area contributed by atoms with Crippen LogP contribution in [0.2, 0.25) is 0 Å². The highest BCUT2D eigenvalue weighted by Crippen LogP contribution is 2.22. The summed E-state index contributed by atoms with van der Waals surface area (Å²) in [6, 6.07) is 26.1. The van der Waals surface area contributed by atoms with Crippen molar-refractivity contribution in [1.82, 2.24) is 0 Å². The standard InChI is InChI=1S/C24H20N2O3.C2H6.CH4O/c25-15-21(14-23(27)28)18-9-11-22(12-10-18)29-16-17-5-4-8-20(13-17)24(26)19-6-2-1-3-7-19;2*1-2/h1-13,21,26H,14,16H2,(H,27,28);1-2H3;2H,1H3. The second-order valence-electron chi connectivity index (χ2n) is 6.58. The largest absolute Gasteiger partial charge is 0.489 e. The minimum atomic E-state index is -1.00. The Labute approximate surface area is 195 Å². The number of aliphatic carboxylic acids is 1. The third kappa shape index (κ3) is 8.60. The number of ether oxygens (including phenoxy) is 1. The first kappa shape index (κ1) is 27.1. The van der Waals surface area contributed by atoms with Crippen LogP contribution in [0.15, 0.2) is 78.9 Å². The molecule has 0 bridgehead atoms. The van der Waals surface area contributed by atoms with Crippen molar-refractivity contribution in [1.29, 1.82) is 10.7 Å². The predicted octanol–water partition coefficient (Wildman–Crippen LogP) is 5.40. The van der Waals surface area contributed by atoms with Crippen molar-refractivity contribution < 1.29 is 19.7 Å². The number of carboxylic acid groups (broad SMARTS) is 1. The highest BCUT2D eigenvalue weighted by Gasteiger charge is 2.14. The molecule has 3 aromatic carbocycles. The molecule has 1 unspecified atom stereocenters. The molecule has 0 aliphatic heterocycles. The van der Waals surface area contributed by atoms with E-state index in [0.717, 1.165) is 23.8 Å². The van der Waals surface area contributed by atoms with Crippen molar-refractivity contribution in [3.63, 3.8) is 0 Å². The van der Waals surface area contributed by atoms with Crippen LogP contribution in [0.3, 0.4) is 0 Å². The van der Waals surface area contributed by atoms with Gasteiger partial charge in [0.1, 0.15) is 12.4 Å². The first-order chi connectivity index (χ1) is 16.1. The van der Waals surface area contributed by atoms with Crippen molar-refractivity contribution in [3.05, 3.63) is 101 Å². The quantitative estimate of drug-likeness (QED) is 0.401. The molecule has 0 saturated heterocycles. The van der Waals surface area contributed by atoms with E-state index in [1.165, 1.54) is 0 Å². The van der Waals surface area contributed by atoms with Gasteiger partial charge >= 0.3 is 5.97 Å². The van der Waals surface area contributed by atoms with Gasteiger partial charge in [0.05, 0.1) is 24.1 Å². The van der Waals surface area contributed by atoms with Crippen LogP contribution in [0.4, 0.5) is 0 Å². The molecule has 3 aromatic rings. The van der Waals surface area contributed by atoms with Crippen molar-refractivity contribution in [2.45, 2.75) is 32.8 Å². The fourth-order valence-electron chi connectivity index (χ4n) is 2.96. The van der Waals surface area contributed by atoms with E-state index in [1.54, 1.807) is 24.3 Å². The second kappa shape index (κ2) is 15.0. The van der Waals surface area contributed by atoms with Gasteiger partial charge in [-0.3, -0.25) is 10.2 Å². The first-order valence-corrected chi connectivity index (χ1v) is 10.6. The fourth-order valence-corrected chi connectivity index (χ4v) is 2.96. The highest BCUT2D eigenvalue weighted by atomic mass is 16.5. The summed E-state index contributed by atoms with van der Waals surface area (Å²) in [7, 11) is 1.00. The Morgan fingerprint density at radius 3 is 2.15 bits per heavy atom. The topological polar surface area (TPSA) is 114 Å². The highest BCUT2D eigenvalue weighted by molar-refractivity contribution is 6.10. The summed E-state index contributed by atoms with van der Waals surface area (Å²) >= 11 is 0. The van der Waals surface area contributed by atoms with E-state index in [-0.39, 0.29) is 6.42 Å². The summed E-state index contributed by atoms with van der Waals surface area (Å²) in [6.07, 6.45) is -0.225. The summed E-state index contributed by atoms with van der Waals surface area (Å²) in [5.74, 6) is -1.05. The lowest BCUT2D eigenvalue weighted by atomic mass is 9.97. The van der Waals surface area contributed by atoms with Crippen LogP contribution in [-0.4, -0.2) is 29.0 Å². The van der Waals surface area contributed by atoms with Gasteiger partial charge in [-0.1, -0.05) is 74.5 Å². The molecule has 0 aliphatic rings. The van der Waals surface area contributed by atoms with Gasteiger partial charge in [0.2, 0.25) is 0 Å². The molecule has 0 radical (unpaired) electrons. The molecular weight excluding hydrogens is 416 g/mol. The van der Waals surface area contributed by atoms with Crippen LogP contribution >= 0.6 is 0 Å². The molecule has 0 saturated carbocycles. The number of carbonyl (C=O) groups is 1. The minimum absolute atomic E-state index is 0.225. The van der Waals surface area contributed by atoms with Gasteiger partial charge in [0, 0.05) is 12.7 Å². The Morgan fingerprint density at radius 2 is 1.58 bits per heavy atom. The van der Waals surface area contributed by atoms with Gasteiger partial charge in [-0.2, -0.15) is 5.26 Å². The number of carboxylic acids is 1. The summed E-state index contributed by atoms with van der Waals surface area (Å²) in [6.45, 7) is 4.34. The maximum Gasteiger partial charge on any atom is 0.305 e. The molecule has 0 aliphatic carbocycles. The maximum absolute atomic E-state index is 10.8. The van der Waals surface area contributed by atoms with Gasteiger partial charge in [-0.05, 0) is 34.9 Å². The lowest BCUT2D eigenvalue weighted by molar-refractivity contribution is -0.137. The number of nitrogens with one attached hydrogen (secondary N) is 1. The van der Waals surface area contributed by atoms with Crippen molar-refractivity contribution in [2.75, 3.05) is 7.11 Å². The Hall–Kier alpha value is -3.95. The summed E-state index contributed by atoms with van der Waals surface area (Å²) < 4.78 is 5.81. The minimum Gasteiger partial charge on any atom is -0.489 e. The molecule has 0 amide bonds. The monoisotopic (exact) mass is 446 g/mol. The van der Waals surface area contributed by atoms with Crippen molar-refractivity contribution in [3.8, 4) is 11.8 Å². The molecule has 1 atom stereocenters. The second-order valence-corrected chi connectivity index (χ2v) is 6.58. The van der Waals surface area contributed by atoms with E-state index in [2.05, 4.69) is 0 Å². The molecule has 33 heavy (non-hydrogen) atoms. The van der Waals surface area contributed by atoms with Crippen molar-refractivity contribution in [2.24, 2.45) is 0 Å². The third-order valence-corrected chi connectivity index (χ3v) is 4.50. The zero-order valence-corrected chi connectivity index (χ0v) is 19.2. The molecule has 6 heteroatoms. The summed E-state index contributed by atoms with van der Waals surface area (Å²) in [5, 5.41) is 33.4. The number of aliphatic hydroxyl groups is 1. The van der Waals surface area contributed by atoms with E-state index in [4.69, 9.17) is 25.6 Å². The molecule has 0 heterocycles. The van der Waals surface area contributed by atoms with Crippen LogP contribution in [-0.2, 0) is 11.4 Å². The third-order valence-electron chi connectivity index (χ3n) is 4.50. The Bertz CT molecular complexity index is 1040. The number of hydrogen-bond donors (Lipinski definition) is 3. The Morgan fingerprint density at radius 1 is 0.970 bits per heavy atom. The van der Waals surface area contributed by atoms with Gasteiger partial charge in [-0.15, -0.1) is 0 Å². The number of hydrogen-bond acceptors (Lipinski definition) is 5. The average Bonchev–Trinajstić information content (AvgIpc) is 2.89. The van der Waals surface area contributed by atoms with E-state index in [1.807, 2.05) is 74.5 Å². The Kier molecular flexibility index (Phi) is 12.3. The summed E-state index contributed by atoms with van der Waals surface area (Å²) in [5.41, 5.74) is 3.72. The molecule has 6 nitrogen and oxygen atoms in total. The molecule has 0 aromatic heterocycles. The van der Waals surface area contributed by atoms with Crippen molar-refractivity contribution >= 4 is 11.7 Å². The van der Waals surface area contributed by atoms with Gasteiger partial charge < -0.3 is 14.9 Å². The van der Waals surface area contributed by atoms with Crippen LogP contribution in [0, 0.1) is 16.7 Å². The smallest absolute Gasteiger partial charge is 0.305 e. The van der Waals surface area contributed by atoms with E-state index < -0.39 is 11.9 Å². The molecule has 3 rings (SSSR count). The zero-order valence-electron chi connectivity index (χ0n) is 19.2. The van der Waals surface area contributed by atoms with Crippen LogP contribution in [0.1, 0.15) is 48.4 Å². The molecule has 0 fully saturated rings. The molecule has 3 N–H and O–H groups in total. The maximum atomic E-state index is 10.8. The van der Waals surface area contributed by atoms with Gasteiger partial charge in [-0.25, -0.2) is 0 Å². The fraction of sp³-hybridized carbons (Fsp3) is 0.222. The molecule has 0 spiro atoms. The van der Waals surface area contributed by atoms with Gasteiger partial charge in [0.25, 0.3) is 0 Å². The van der Waals surface area contributed by atoms with E-state index >= 15 is 0 Å². The van der Waals surface area contributed by atoms with Crippen LogP contribution in [0.25, 0.3) is 0 Å². The van der Waals surface area contributed by atoms with Gasteiger partial charge in [0.15, 0.2) is 0 Å². The Balaban J connectivity index is 0.00000129. The predicted molar refractivity (Wildman–Crippen MR) is 130 cm³/mol. The number of nitriles is 1. The number of benzene rings is 3. The average molecular weight is 447 g/mol. The van der Waals surface area contributed by atoms with E-state index in [9.17, 15) is 4.79 Å². The number of nitrogens with zero attached hydrogens (tertiary/aromatic N) is 1. The van der Waals surface area contributed by atoms with Crippen LogP contribution in [0.5, 0.6) is 5.75 Å². The normalized spacial score (nSPS) is 10.3. The molecular formula is C27H30N2O4. The SMILES string of the molecule is CC.CO.N#CC(CC(=O)O)c1ccc(OCc2cccc(C(=N)c3ccccc3)c2)cc1. The number of rotatable bonds is 8. The van der Waals surface area contributed by atoms with E-state index in [0.29, 0.717) is 23.6 Å². The summed E-state index contributed by atoms with van der Waals surface area (Å²) in [4.78, 5) is 10.8. The number of aliphatic hydroxyl groups excluding tert-OH is 1. The first-order valence-electron chi connectivity index (χ1n) is 10.6. The lowest BCUT2D eigenvalue weighted by Gasteiger charge is -2.11. The zero-order chi connectivity index (χ0) is 24.6. The lowest BCUT2D eigenvalue weighted by Crippen LogP contribution is -2.04. The molecule has 172 valence electrons. The van der Waals surface area contributed by atoms with Crippen LogP contribution < -0.4 is 4.74 Å².